The van der Waals surface area contributed by atoms with E-state index in [-0.39, 0.29) is 36.3 Å². The Hall–Kier alpha value is -6.51. The SMILES string of the molecule is CNC(=O)CCC(C=O)N(C)Cc1cc(N2CCN(Cc3ccc(COC4CCN(Cc5cc(C(F)(F)F)c6cn(-c7cccc(C8(CC(=N)N(C)C=N)COC8)c7)c(=O)n6c5)CC4)cc3)CC2)ccc1C=O. The quantitative estimate of drug-likeness (QED) is 0.0439. The second-order valence-electron chi connectivity index (χ2n) is 19.7. The monoisotopic (exact) mass is 1010 g/mol. The van der Waals surface area contributed by atoms with E-state index in [1.165, 1.54) is 27.4 Å². The van der Waals surface area contributed by atoms with Gasteiger partial charge < -0.3 is 29.4 Å². The number of likely N-dealkylation sites (N-methyl/N-ethyl adjacent to an activating group) is 1. The highest BCUT2D eigenvalue weighted by Crippen LogP contribution is 2.38. The van der Waals surface area contributed by atoms with Crippen LogP contribution < -0.4 is 15.9 Å². The van der Waals surface area contributed by atoms with Crippen molar-refractivity contribution in [2.24, 2.45) is 0 Å². The number of hydrogen-bond acceptors (Lipinski definition) is 12. The van der Waals surface area contributed by atoms with Gasteiger partial charge in [0.2, 0.25) is 5.91 Å². The molecule has 19 heteroatoms. The molecule has 73 heavy (non-hydrogen) atoms. The molecule has 1 unspecified atom stereocenters. The number of imidazole rings is 1. The minimum absolute atomic E-state index is 0.00107. The fourth-order valence-corrected chi connectivity index (χ4v) is 10.1. The second-order valence-corrected chi connectivity index (χ2v) is 19.7. The molecule has 0 saturated carbocycles. The van der Waals surface area contributed by atoms with Crippen LogP contribution in [0.4, 0.5) is 18.9 Å². The summed E-state index contributed by atoms with van der Waals surface area (Å²) in [5.74, 6) is 0.100. The molecule has 2 aromatic heterocycles. The highest BCUT2D eigenvalue weighted by atomic mass is 19.4. The first kappa shape index (κ1) is 52.8. The standard InChI is InChI=1S/C54H65F3N10O6/c1-60-51(70)14-13-46(33-69)61(2)30-42-24-44(12-11-41(42)32-68)65-21-19-64(20-22-65)27-38-7-9-39(10-8-38)34-73-47-15-17-63(18-16-47)28-40-23-48(54(55,56)57)49-31-66(52(71)67(49)29-40)45-6-4-5-43(25-45)53(35-72-36-53)26-50(59)62(3)37-58/h4-12,23-25,29,31-33,37,46-47,58-59H,13-22,26-28,30,34-36H2,1-3H3,(H,60,70). The van der Waals surface area contributed by atoms with Gasteiger partial charge in [-0.25, -0.2) is 4.79 Å². The molecule has 8 rings (SSSR count). The average molecular weight is 1010 g/mol. The maximum atomic E-state index is 14.7. The summed E-state index contributed by atoms with van der Waals surface area (Å²) in [6, 6.07) is 22.1. The van der Waals surface area contributed by atoms with Gasteiger partial charge in [0.1, 0.15) is 18.4 Å². The Kier molecular flexibility index (Phi) is 16.7. The predicted octanol–water partition coefficient (Wildman–Crippen LogP) is 6.12. The van der Waals surface area contributed by atoms with Crippen molar-refractivity contribution in [3.8, 4) is 5.69 Å². The number of pyridine rings is 1. The fraction of sp³-hybridized carbons (Fsp3) is 0.444. The molecule has 0 aliphatic carbocycles. The maximum absolute atomic E-state index is 14.7. The highest BCUT2D eigenvalue weighted by Gasteiger charge is 2.42. The van der Waals surface area contributed by atoms with Crippen molar-refractivity contribution in [2.45, 2.75) is 82.1 Å². The molecular formula is C54H65F3N10O6. The van der Waals surface area contributed by atoms with Gasteiger partial charge in [0.25, 0.3) is 0 Å². The fourth-order valence-electron chi connectivity index (χ4n) is 10.1. The van der Waals surface area contributed by atoms with Gasteiger partial charge in [-0.1, -0.05) is 36.4 Å². The van der Waals surface area contributed by atoms with Gasteiger partial charge in [-0.05, 0) is 90.5 Å². The Bertz CT molecular complexity index is 2830. The number of carbonyl (C=O) groups excluding carboxylic acids is 3. The van der Waals surface area contributed by atoms with Crippen LogP contribution in [-0.2, 0) is 56.9 Å². The van der Waals surface area contributed by atoms with Crippen molar-refractivity contribution < 1.29 is 37.0 Å². The van der Waals surface area contributed by atoms with Crippen molar-refractivity contribution in [3.05, 3.63) is 135 Å². The van der Waals surface area contributed by atoms with Gasteiger partial charge in [0, 0.05) is 115 Å². The van der Waals surface area contributed by atoms with Crippen LogP contribution >= 0.6 is 0 Å². The molecule has 3 aromatic carbocycles. The Morgan fingerprint density at radius 3 is 2.25 bits per heavy atom. The second kappa shape index (κ2) is 23.1. The summed E-state index contributed by atoms with van der Waals surface area (Å²) in [6.45, 7) is 7.18. The number of aldehydes is 2. The van der Waals surface area contributed by atoms with Crippen molar-refractivity contribution in [1.82, 2.24) is 33.9 Å². The lowest BCUT2D eigenvalue weighted by molar-refractivity contribution is -0.136. The molecule has 3 saturated heterocycles. The molecule has 388 valence electrons. The molecule has 0 bridgehead atoms. The van der Waals surface area contributed by atoms with E-state index in [0.717, 1.165) is 97.3 Å². The lowest BCUT2D eigenvalue weighted by atomic mass is 9.75. The number of piperazine rings is 1. The molecule has 5 heterocycles. The average Bonchev–Trinajstić information content (AvgIpc) is 3.72. The Labute approximate surface area is 423 Å². The third kappa shape index (κ3) is 12.5. The summed E-state index contributed by atoms with van der Waals surface area (Å²) < 4.78 is 58.2. The van der Waals surface area contributed by atoms with Gasteiger partial charge >= 0.3 is 11.9 Å². The number of likely N-dealkylation sites (tertiary alicyclic amines) is 1. The topological polar surface area (TPSA) is 172 Å². The third-order valence-electron chi connectivity index (χ3n) is 14.7. The Morgan fingerprint density at radius 2 is 1.60 bits per heavy atom. The zero-order valence-corrected chi connectivity index (χ0v) is 41.7. The number of ether oxygens (including phenoxy) is 2. The number of alkyl halides is 3. The van der Waals surface area contributed by atoms with Crippen LogP contribution in [0.2, 0.25) is 0 Å². The number of amidine groups is 1. The number of piperidine rings is 1. The van der Waals surface area contributed by atoms with E-state index in [1.807, 2.05) is 36.2 Å². The van der Waals surface area contributed by atoms with Crippen LogP contribution in [0.3, 0.4) is 0 Å². The number of hydrogen-bond donors (Lipinski definition) is 3. The predicted molar refractivity (Wildman–Crippen MR) is 273 cm³/mol. The van der Waals surface area contributed by atoms with Crippen LogP contribution in [0.5, 0.6) is 0 Å². The van der Waals surface area contributed by atoms with Crippen LogP contribution in [-0.4, -0.2) is 145 Å². The zero-order chi connectivity index (χ0) is 51.9. The van der Waals surface area contributed by atoms with E-state index in [4.69, 9.17) is 20.3 Å². The van der Waals surface area contributed by atoms with E-state index in [0.29, 0.717) is 69.1 Å². The minimum Gasteiger partial charge on any atom is -0.379 e. The normalized spacial score (nSPS) is 17.1. The van der Waals surface area contributed by atoms with Gasteiger partial charge in [-0.3, -0.25) is 44.1 Å². The van der Waals surface area contributed by atoms with Crippen molar-refractivity contribution in [1.29, 1.82) is 10.8 Å². The molecule has 3 N–H and O–H groups in total. The minimum atomic E-state index is -4.70. The van der Waals surface area contributed by atoms with Gasteiger partial charge in [-0.2, -0.15) is 13.2 Å². The number of carbonyl (C=O) groups is 3. The molecule has 3 aliphatic rings. The molecule has 0 radical (unpaired) electrons. The van der Waals surface area contributed by atoms with Crippen LogP contribution in [0.1, 0.15) is 75.8 Å². The van der Waals surface area contributed by atoms with Crippen LogP contribution in [0.25, 0.3) is 11.2 Å². The number of nitrogens with zero attached hydrogens (tertiary/aromatic N) is 7. The number of halogens is 3. The number of aromatic nitrogens is 2. The number of amides is 1. The van der Waals surface area contributed by atoms with E-state index >= 15 is 0 Å². The maximum Gasteiger partial charge on any atom is 0.418 e. The summed E-state index contributed by atoms with van der Waals surface area (Å²) in [5.41, 5.74) is 3.99. The lowest BCUT2D eigenvalue weighted by Crippen LogP contribution is -2.49. The Balaban J connectivity index is 0.815. The number of benzene rings is 3. The van der Waals surface area contributed by atoms with Crippen molar-refractivity contribution in [2.75, 3.05) is 78.5 Å². The third-order valence-corrected chi connectivity index (χ3v) is 14.7. The molecule has 5 aromatic rings. The van der Waals surface area contributed by atoms with Gasteiger partial charge in [0.05, 0.1) is 55.1 Å². The first-order valence-electron chi connectivity index (χ1n) is 24.8. The molecule has 0 spiro atoms. The largest absolute Gasteiger partial charge is 0.418 e. The number of fused-ring (bicyclic) bond motifs is 1. The van der Waals surface area contributed by atoms with Gasteiger partial charge in [0.15, 0.2) is 0 Å². The summed E-state index contributed by atoms with van der Waals surface area (Å²) in [5, 5.41) is 18.5. The summed E-state index contributed by atoms with van der Waals surface area (Å²) in [4.78, 5) is 59.6. The number of anilines is 1. The van der Waals surface area contributed by atoms with Gasteiger partial charge in [-0.15, -0.1) is 0 Å². The molecular weight excluding hydrogens is 942 g/mol. The van der Waals surface area contributed by atoms with E-state index in [2.05, 4.69) is 44.3 Å². The molecule has 1 atom stereocenters. The van der Waals surface area contributed by atoms with Crippen molar-refractivity contribution in [3.63, 3.8) is 0 Å². The van der Waals surface area contributed by atoms with E-state index < -0.39 is 28.9 Å². The van der Waals surface area contributed by atoms with E-state index in [1.54, 1.807) is 32.3 Å². The molecule has 1 amide bonds. The molecule has 16 nitrogen and oxygen atoms in total. The summed E-state index contributed by atoms with van der Waals surface area (Å²) in [6.07, 6.45) is 3.16. The highest BCUT2D eigenvalue weighted by molar-refractivity contribution is 5.89. The Morgan fingerprint density at radius 1 is 0.904 bits per heavy atom. The number of rotatable bonds is 21. The summed E-state index contributed by atoms with van der Waals surface area (Å²) >= 11 is 0. The van der Waals surface area contributed by atoms with Crippen LogP contribution in [0.15, 0.2) is 90.0 Å². The lowest BCUT2D eigenvalue weighted by Gasteiger charge is -2.42. The van der Waals surface area contributed by atoms with Crippen LogP contribution in [0, 0.1) is 10.8 Å². The smallest absolute Gasteiger partial charge is 0.379 e. The zero-order valence-electron chi connectivity index (χ0n) is 41.7. The van der Waals surface area contributed by atoms with Crippen molar-refractivity contribution >= 4 is 41.9 Å². The molecule has 3 fully saturated rings. The van der Waals surface area contributed by atoms with E-state index in [9.17, 15) is 32.3 Å². The summed E-state index contributed by atoms with van der Waals surface area (Å²) in [7, 11) is 5.02. The molecule has 3 aliphatic heterocycles. The first-order chi connectivity index (χ1) is 35.1. The first-order valence-corrected chi connectivity index (χ1v) is 24.8. The number of nitrogens with one attached hydrogen (secondary N) is 3.